The zero-order valence-electron chi connectivity index (χ0n) is 11.9. The van der Waals surface area contributed by atoms with Crippen LogP contribution in [0.4, 0.5) is 5.69 Å². The number of anilines is 1. The first-order valence-corrected chi connectivity index (χ1v) is 7.21. The first-order chi connectivity index (χ1) is 9.08. The predicted molar refractivity (Wildman–Crippen MR) is 82.1 cm³/mol. The lowest BCUT2D eigenvalue weighted by atomic mass is 9.84. The molecule has 19 heavy (non-hydrogen) atoms. The molecule has 2 unspecified atom stereocenters. The largest absolute Gasteiger partial charge is 0.495 e. The van der Waals surface area contributed by atoms with Crippen molar-refractivity contribution in [2.75, 3.05) is 19.0 Å². The van der Waals surface area contributed by atoms with E-state index in [-0.39, 0.29) is 0 Å². The van der Waals surface area contributed by atoms with Crippen LogP contribution >= 0.6 is 11.6 Å². The van der Waals surface area contributed by atoms with Gasteiger partial charge in [0.2, 0.25) is 0 Å². The number of rotatable bonds is 4. The van der Waals surface area contributed by atoms with Crippen molar-refractivity contribution in [2.24, 2.45) is 11.8 Å². The number of ether oxygens (including phenoxy) is 1. The molecule has 1 aliphatic carbocycles. The van der Waals surface area contributed by atoms with Crippen LogP contribution in [0.2, 0.25) is 5.02 Å². The van der Waals surface area contributed by atoms with Crippen molar-refractivity contribution in [3.63, 3.8) is 0 Å². The van der Waals surface area contributed by atoms with E-state index in [0.717, 1.165) is 23.0 Å². The Hall–Kier alpha value is -1.15. The van der Waals surface area contributed by atoms with Crippen LogP contribution in [0.1, 0.15) is 26.7 Å². The molecule has 3 heteroatoms. The van der Waals surface area contributed by atoms with Gasteiger partial charge in [0.25, 0.3) is 0 Å². The molecule has 0 bridgehead atoms. The molecule has 0 aliphatic heterocycles. The number of methoxy groups -OCH3 is 1. The van der Waals surface area contributed by atoms with Crippen molar-refractivity contribution in [3.8, 4) is 5.75 Å². The molecular formula is C16H22ClNO. The van der Waals surface area contributed by atoms with Crippen molar-refractivity contribution in [2.45, 2.75) is 26.7 Å². The van der Waals surface area contributed by atoms with Gasteiger partial charge in [-0.15, -0.1) is 0 Å². The summed E-state index contributed by atoms with van der Waals surface area (Å²) in [5, 5.41) is 4.21. The quantitative estimate of drug-likeness (QED) is 0.803. The summed E-state index contributed by atoms with van der Waals surface area (Å²) in [6, 6.07) is 5.68. The predicted octanol–water partition coefficient (Wildman–Crippen LogP) is 4.75. The third kappa shape index (κ3) is 3.90. The van der Waals surface area contributed by atoms with Crippen molar-refractivity contribution in [1.29, 1.82) is 0 Å². The van der Waals surface area contributed by atoms with Gasteiger partial charge in [-0.25, -0.2) is 0 Å². The van der Waals surface area contributed by atoms with E-state index >= 15 is 0 Å². The van der Waals surface area contributed by atoms with Crippen LogP contribution in [-0.2, 0) is 0 Å². The lowest BCUT2D eigenvalue weighted by molar-refractivity contribution is 0.410. The van der Waals surface area contributed by atoms with Crippen LogP contribution in [0, 0.1) is 11.8 Å². The minimum atomic E-state index is 0.682. The molecule has 0 saturated carbocycles. The van der Waals surface area contributed by atoms with E-state index in [1.165, 1.54) is 18.4 Å². The maximum absolute atomic E-state index is 6.04. The number of hydrogen-bond donors (Lipinski definition) is 1. The minimum Gasteiger partial charge on any atom is -0.495 e. The van der Waals surface area contributed by atoms with E-state index < -0.39 is 0 Å². The number of allylic oxidation sites excluding steroid dienone is 2. The molecule has 1 aromatic rings. The highest BCUT2D eigenvalue weighted by Gasteiger charge is 2.18. The summed E-state index contributed by atoms with van der Waals surface area (Å²) < 4.78 is 5.35. The van der Waals surface area contributed by atoms with Gasteiger partial charge in [0.05, 0.1) is 12.8 Å². The maximum Gasteiger partial charge on any atom is 0.142 e. The lowest BCUT2D eigenvalue weighted by Crippen LogP contribution is -2.20. The Morgan fingerprint density at radius 2 is 2.21 bits per heavy atom. The summed E-state index contributed by atoms with van der Waals surface area (Å²) in [4.78, 5) is 0. The average molecular weight is 280 g/mol. The van der Waals surface area contributed by atoms with Crippen molar-refractivity contribution in [3.05, 3.63) is 34.9 Å². The van der Waals surface area contributed by atoms with Gasteiger partial charge in [-0.1, -0.05) is 30.2 Å². The molecule has 2 rings (SSSR count). The first-order valence-electron chi connectivity index (χ1n) is 6.83. The highest BCUT2D eigenvalue weighted by atomic mass is 35.5. The van der Waals surface area contributed by atoms with Crippen LogP contribution < -0.4 is 10.1 Å². The second-order valence-electron chi connectivity index (χ2n) is 5.52. The summed E-state index contributed by atoms with van der Waals surface area (Å²) >= 11 is 6.04. The fraction of sp³-hybridized carbons (Fsp3) is 0.500. The average Bonchev–Trinajstić information content (AvgIpc) is 2.35. The third-order valence-corrected chi connectivity index (χ3v) is 3.86. The minimum absolute atomic E-state index is 0.682. The smallest absolute Gasteiger partial charge is 0.142 e. The Morgan fingerprint density at radius 3 is 2.89 bits per heavy atom. The molecular weight excluding hydrogens is 258 g/mol. The lowest BCUT2D eigenvalue weighted by Gasteiger charge is -2.26. The van der Waals surface area contributed by atoms with Gasteiger partial charge in [0, 0.05) is 11.6 Å². The molecule has 1 aliphatic rings. The number of benzene rings is 1. The fourth-order valence-electron chi connectivity index (χ4n) is 2.91. The van der Waals surface area contributed by atoms with Crippen molar-refractivity contribution < 1.29 is 4.74 Å². The van der Waals surface area contributed by atoms with E-state index in [1.807, 2.05) is 18.2 Å². The van der Waals surface area contributed by atoms with E-state index in [2.05, 4.69) is 25.2 Å². The van der Waals surface area contributed by atoms with Crippen LogP contribution in [0.3, 0.4) is 0 Å². The second-order valence-corrected chi connectivity index (χ2v) is 5.96. The number of hydrogen-bond acceptors (Lipinski definition) is 2. The molecule has 0 spiro atoms. The number of nitrogens with one attached hydrogen (secondary N) is 1. The zero-order chi connectivity index (χ0) is 13.8. The van der Waals surface area contributed by atoms with Gasteiger partial charge in [-0.3, -0.25) is 0 Å². The molecule has 0 heterocycles. The topological polar surface area (TPSA) is 21.3 Å². The highest BCUT2D eigenvalue weighted by Crippen LogP contribution is 2.31. The molecule has 1 aromatic carbocycles. The van der Waals surface area contributed by atoms with Gasteiger partial charge < -0.3 is 10.1 Å². The molecule has 104 valence electrons. The molecule has 2 nitrogen and oxygen atoms in total. The van der Waals surface area contributed by atoms with Gasteiger partial charge in [0.15, 0.2) is 0 Å². The van der Waals surface area contributed by atoms with Crippen LogP contribution in [0.15, 0.2) is 29.8 Å². The molecule has 0 amide bonds. The molecule has 0 aromatic heterocycles. The summed E-state index contributed by atoms with van der Waals surface area (Å²) in [6.07, 6.45) is 4.81. The molecule has 1 N–H and O–H groups in total. The van der Waals surface area contributed by atoms with Crippen LogP contribution in [-0.4, -0.2) is 13.7 Å². The van der Waals surface area contributed by atoms with E-state index in [9.17, 15) is 0 Å². The second kappa shape index (κ2) is 6.33. The Kier molecular flexibility index (Phi) is 4.76. The molecule has 0 radical (unpaired) electrons. The summed E-state index contributed by atoms with van der Waals surface area (Å²) in [6.45, 7) is 5.48. The van der Waals surface area contributed by atoms with Crippen molar-refractivity contribution in [1.82, 2.24) is 0 Å². The van der Waals surface area contributed by atoms with Crippen LogP contribution in [0.5, 0.6) is 5.75 Å². The normalized spacial score (nSPS) is 22.8. The van der Waals surface area contributed by atoms with E-state index in [0.29, 0.717) is 11.8 Å². The van der Waals surface area contributed by atoms with E-state index in [1.54, 1.807) is 7.11 Å². The highest BCUT2D eigenvalue weighted by molar-refractivity contribution is 6.30. The standard InChI is InChI=1S/C16H22ClNO/c1-11-6-12(2)8-13(7-11)10-18-15-9-14(17)4-5-16(15)19-3/h4-6,9,11,13,18H,7-8,10H2,1-3H3. The fourth-order valence-corrected chi connectivity index (χ4v) is 3.09. The SMILES string of the molecule is COc1ccc(Cl)cc1NCC1CC(C)=CC(C)C1. The van der Waals surface area contributed by atoms with Gasteiger partial charge >= 0.3 is 0 Å². The maximum atomic E-state index is 6.04. The number of halogens is 1. The first kappa shape index (κ1) is 14.3. The van der Waals surface area contributed by atoms with E-state index in [4.69, 9.17) is 16.3 Å². The Bertz CT molecular complexity index is 470. The van der Waals surface area contributed by atoms with Gasteiger partial charge in [0.1, 0.15) is 5.75 Å². The summed E-state index contributed by atoms with van der Waals surface area (Å²) in [5.41, 5.74) is 2.48. The van der Waals surface area contributed by atoms with Gasteiger partial charge in [-0.2, -0.15) is 0 Å². The Balaban J connectivity index is 1.99. The Morgan fingerprint density at radius 1 is 1.42 bits per heavy atom. The molecule has 0 saturated heterocycles. The summed E-state index contributed by atoms with van der Waals surface area (Å²) in [5.74, 6) is 2.21. The van der Waals surface area contributed by atoms with Gasteiger partial charge in [-0.05, 0) is 49.8 Å². The molecule has 2 atom stereocenters. The summed E-state index contributed by atoms with van der Waals surface area (Å²) in [7, 11) is 1.68. The molecule has 0 fully saturated rings. The third-order valence-electron chi connectivity index (χ3n) is 3.63. The van der Waals surface area contributed by atoms with Crippen LogP contribution in [0.25, 0.3) is 0 Å². The Labute approximate surface area is 120 Å². The monoisotopic (exact) mass is 279 g/mol. The zero-order valence-corrected chi connectivity index (χ0v) is 12.6. The van der Waals surface area contributed by atoms with Crippen molar-refractivity contribution >= 4 is 17.3 Å².